The molecule has 1 atom stereocenters. The van der Waals surface area contributed by atoms with Crippen molar-refractivity contribution in [2.45, 2.75) is 32.3 Å². The Balaban J connectivity index is 1.86. The number of hydrogen-bond acceptors (Lipinski definition) is 5. The van der Waals surface area contributed by atoms with E-state index in [4.69, 9.17) is 14.6 Å². The van der Waals surface area contributed by atoms with Crippen LogP contribution in [0.3, 0.4) is 0 Å². The number of nitrogens with zero attached hydrogens (tertiary/aromatic N) is 2. The molecule has 1 fully saturated rings. The van der Waals surface area contributed by atoms with Gasteiger partial charge in [0.2, 0.25) is 0 Å². The Morgan fingerprint density at radius 1 is 1.40 bits per heavy atom. The minimum absolute atomic E-state index is 0.0979. The number of rotatable bonds is 7. The Bertz CT molecular complexity index is 744. The summed E-state index contributed by atoms with van der Waals surface area (Å²) in [5.41, 5.74) is 1.07. The molecule has 0 spiro atoms. The highest BCUT2D eigenvalue weighted by Gasteiger charge is 2.21. The lowest BCUT2D eigenvalue weighted by molar-refractivity contribution is -0.137. The molecule has 7 nitrogen and oxygen atoms in total. The maximum atomic E-state index is 12.6. The van der Waals surface area contributed by atoms with Crippen LogP contribution in [0.5, 0.6) is 11.5 Å². The Morgan fingerprint density at radius 2 is 2.24 bits per heavy atom. The van der Waals surface area contributed by atoms with Crippen LogP contribution < -0.4 is 9.47 Å². The quantitative estimate of drug-likeness (QED) is 0.823. The van der Waals surface area contributed by atoms with Gasteiger partial charge in [0.15, 0.2) is 17.8 Å². The summed E-state index contributed by atoms with van der Waals surface area (Å²) in [6.07, 6.45) is 2.49. The van der Waals surface area contributed by atoms with Crippen molar-refractivity contribution in [3.8, 4) is 22.8 Å². The number of halogens is 2. The number of hydrogen-bond donors (Lipinski definition) is 1. The number of aromatic nitrogens is 2. The van der Waals surface area contributed by atoms with E-state index in [-0.39, 0.29) is 18.0 Å². The molecule has 2 heterocycles. The fraction of sp³-hybridized carbons (Fsp3) is 0.375. The van der Waals surface area contributed by atoms with E-state index in [1.807, 2.05) is 0 Å². The lowest BCUT2D eigenvalue weighted by Crippen LogP contribution is -2.15. The standard InChI is InChI=1S/C16H16F2N2O5/c17-16(18)25-12-4-3-10(8-13(12)24-15-2-1-7-23-15)11-5-6-20(19-11)9-14(21)22/h3-6,8,15-16H,1-2,7,9H2,(H,21,22). The zero-order valence-electron chi connectivity index (χ0n) is 13.1. The summed E-state index contributed by atoms with van der Waals surface area (Å²) in [5, 5.41) is 12.9. The molecule has 1 aliphatic rings. The lowest BCUT2D eigenvalue weighted by Gasteiger charge is -2.17. The first-order chi connectivity index (χ1) is 12.0. The molecule has 0 saturated carbocycles. The number of aliphatic carboxylic acids is 1. The third-order valence-electron chi connectivity index (χ3n) is 3.54. The van der Waals surface area contributed by atoms with Gasteiger partial charge in [-0.05, 0) is 30.7 Å². The van der Waals surface area contributed by atoms with Crippen LogP contribution in [0.2, 0.25) is 0 Å². The van der Waals surface area contributed by atoms with Gasteiger partial charge in [-0.3, -0.25) is 9.48 Å². The Morgan fingerprint density at radius 3 is 2.92 bits per heavy atom. The molecule has 1 saturated heterocycles. The third-order valence-corrected chi connectivity index (χ3v) is 3.54. The summed E-state index contributed by atoms with van der Waals surface area (Å²) < 4.78 is 41.9. The van der Waals surface area contributed by atoms with Crippen molar-refractivity contribution in [1.29, 1.82) is 0 Å². The van der Waals surface area contributed by atoms with Crippen LogP contribution in [0.25, 0.3) is 11.3 Å². The highest BCUT2D eigenvalue weighted by atomic mass is 19.3. The van der Waals surface area contributed by atoms with Crippen molar-refractivity contribution in [2.24, 2.45) is 0 Å². The smallest absolute Gasteiger partial charge is 0.387 e. The second-order valence-electron chi connectivity index (χ2n) is 5.39. The summed E-state index contributed by atoms with van der Waals surface area (Å²) in [6.45, 7) is -2.70. The predicted molar refractivity (Wildman–Crippen MR) is 81.5 cm³/mol. The van der Waals surface area contributed by atoms with Crippen molar-refractivity contribution < 1.29 is 32.9 Å². The molecule has 1 aromatic carbocycles. The molecule has 2 aromatic rings. The van der Waals surface area contributed by atoms with Gasteiger partial charge in [-0.15, -0.1) is 0 Å². The number of ether oxygens (including phenoxy) is 3. The first kappa shape index (κ1) is 17.2. The molecule has 0 radical (unpaired) electrons. The summed E-state index contributed by atoms with van der Waals surface area (Å²) in [4.78, 5) is 10.7. The largest absolute Gasteiger partial charge is 0.480 e. The predicted octanol–water partition coefficient (Wildman–Crippen LogP) is 2.75. The van der Waals surface area contributed by atoms with Crippen LogP contribution in [-0.4, -0.2) is 40.4 Å². The zero-order valence-corrected chi connectivity index (χ0v) is 13.1. The monoisotopic (exact) mass is 354 g/mol. The Hall–Kier alpha value is -2.68. The molecular formula is C16H16F2N2O5. The van der Waals surface area contributed by atoms with E-state index >= 15 is 0 Å². The summed E-state index contributed by atoms with van der Waals surface area (Å²) >= 11 is 0. The molecule has 1 N–H and O–H groups in total. The average Bonchev–Trinajstić information content (AvgIpc) is 3.20. The second-order valence-corrected chi connectivity index (χ2v) is 5.39. The molecule has 0 bridgehead atoms. The second kappa shape index (κ2) is 7.47. The van der Waals surface area contributed by atoms with Gasteiger partial charge in [0.25, 0.3) is 0 Å². The lowest BCUT2D eigenvalue weighted by atomic mass is 10.1. The number of carbonyl (C=O) groups is 1. The normalized spacial score (nSPS) is 17.0. The van der Waals surface area contributed by atoms with Crippen molar-refractivity contribution in [1.82, 2.24) is 9.78 Å². The average molecular weight is 354 g/mol. The minimum Gasteiger partial charge on any atom is -0.480 e. The van der Waals surface area contributed by atoms with Crippen LogP contribution in [0, 0.1) is 0 Å². The number of carboxylic acids is 1. The molecule has 25 heavy (non-hydrogen) atoms. The Labute approximate surface area is 141 Å². The van der Waals surface area contributed by atoms with Gasteiger partial charge in [0.1, 0.15) is 6.54 Å². The zero-order chi connectivity index (χ0) is 17.8. The molecule has 9 heteroatoms. The molecule has 1 aromatic heterocycles. The highest BCUT2D eigenvalue weighted by molar-refractivity contribution is 5.67. The van der Waals surface area contributed by atoms with Gasteiger partial charge < -0.3 is 19.3 Å². The Kier molecular flexibility index (Phi) is 5.13. The number of carboxylic acid groups (broad SMARTS) is 1. The highest BCUT2D eigenvalue weighted by Crippen LogP contribution is 2.35. The third kappa shape index (κ3) is 4.44. The van der Waals surface area contributed by atoms with Crippen molar-refractivity contribution in [3.05, 3.63) is 30.5 Å². The maximum absolute atomic E-state index is 12.6. The van der Waals surface area contributed by atoms with E-state index in [9.17, 15) is 13.6 Å². The maximum Gasteiger partial charge on any atom is 0.387 e. The van der Waals surface area contributed by atoms with E-state index in [2.05, 4.69) is 9.84 Å². The van der Waals surface area contributed by atoms with Gasteiger partial charge in [0, 0.05) is 18.2 Å². The van der Waals surface area contributed by atoms with Crippen LogP contribution in [0.4, 0.5) is 8.78 Å². The van der Waals surface area contributed by atoms with Crippen LogP contribution >= 0.6 is 0 Å². The van der Waals surface area contributed by atoms with E-state index in [1.165, 1.54) is 23.0 Å². The van der Waals surface area contributed by atoms with Gasteiger partial charge in [-0.2, -0.15) is 13.9 Å². The van der Waals surface area contributed by atoms with E-state index < -0.39 is 18.9 Å². The van der Waals surface area contributed by atoms with Crippen molar-refractivity contribution >= 4 is 5.97 Å². The van der Waals surface area contributed by atoms with E-state index in [1.54, 1.807) is 12.1 Å². The molecule has 0 aliphatic carbocycles. The first-order valence-corrected chi connectivity index (χ1v) is 7.64. The van der Waals surface area contributed by atoms with E-state index in [0.29, 0.717) is 24.3 Å². The molecule has 1 unspecified atom stereocenters. The molecule has 134 valence electrons. The SMILES string of the molecule is O=C(O)Cn1ccc(-c2ccc(OC(F)F)c(OC3CCCO3)c2)n1. The fourth-order valence-electron chi connectivity index (χ4n) is 2.48. The number of alkyl halides is 2. The summed E-state index contributed by atoms with van der Waals surface area (Å²) in [7, 11) is 0. The summed E-state index contributed by atoms with van der Waals surface area (Å²) in [6, 6.07) is 6.06. The van der Waals surface area contributed by atoms with Gasteiger partial charge >= 0.3 is 12.6 Å². The van der Waals surface area contributed by atoms with Crippen molar-refractivity contribution in [3.63, 3.8) is 0 Å². The van der Waals surface area contributed by atoms with Gasteiger partial charge in [-0.25, -0.2) is 0 Å². The molecule has 0 amide bonds. The van der Waals surface area contributed by atoms with Crippen molar-refractivity contribution in [2.75, 3.05) is 6.61 Å². The minimum atomic E-state index is -2.98. The van der Waals surface area contributed by atoms with Crippen LogP contribution in [0.15, 0.2) is 30.5 Å². The first-order valence-electron chi connectivity index (χ1n) is 7.64. The van der Waals surface area contributed by atoms with E-state index in [0.717, 1.165) is 6.42 Å². The summed E-state index contributed by atoms with van der Waals surface area (Å²) in [5.74, 6) is -0.991. The fourth-order valence-corrected chi connectivity index (χ4v) is 2.48. The molecule has 1 aliphatic heterocycles. The van der Waals surface area contributed by atoms with Crippen LogP contribution in [0.1, 0.15) is 12.8 Å². The van der Waals surface area contributed by atoms with Gasteiger partial charge in [-0.1, -0.05) is 0 Å². The molecular weight excluding hydrogens is 338 g/mol. The van der Waals surface area contributed by atoms with Gasteiger partial charge in [0.05, 0.1) is 12.3 Å². The van der Waals surface area contributed by atoms with Crippen LogP contribution in [-0.2, 0) is 16.1 Å². The number of benzene rings is 1. The molecule has 3 rings (SSSR count). The topological polar surface area (TPSA) is 82.8 Å².